The first kappa shape index (κ1) is 20.5. The Balaban J connectivity index is 1.79. The minimum Gasteiger partial charge on any atom is -0.396 e. The Morgan fingerprint density at radius 3 is 2.34 bits per heavy atom. The van der Waals surface area contributed by atoms with Crippen molar-refractivity contribution in [2.75, 3.05) is 29.3 Å². The Bertz CT molecular complexity index is 1050. The molecule has 2 aromatic heterocycles. The van der Waals surface area contributed by atoms with E-state index in [0.717, 1.165) is 5.56 Å². The highest BCUT2D eigenvalue weighted by Crippen LogP contribution is 2.21. The van der Waals surface area contributed by atoms with Crippen LogP contribution in [-0.4, -0.2) is 46.2 Å². The predicted molar refractivity (Wildman–Crippen MR) is 109 cm³/mol. The van der Waals surface area contributed by atoms with E-state index in [1.54, 1.807) is 18.5 Å². The Morgan fingerprint density at radius 1 is 0.966 bits per heavy atom. The first-order valence-corrected chi connectivity index (χ1v) is 10.1. The number of aromatic nitrogens is 3. The van der Waals surface area contributed by atoms with Crippen molar-refractivity contribution in [3.8, 4) is 11.3 Å². The number of nitrogens with one attached hydrogen (secondary N) is 3. The zero-order valence-corrected chi connectivity index (χ0v) is 16.1. The van der Waals surface area contributed by atoms with Crippen LogP contribution >= 0.6 is 0 Å². The molecule has 152 valence electrons. The highest BCUT2D eigenvalue weighted by Gasteiger charge is 2.09. The van der Waals surface area contributed by atoms with Gasteiger partial charge in [-0.1, -0.05) is 0 Å². The summed E-state index contributed by atoms with van der Waals surface area (Å²) >= 11 is 0. The molecule has 10 nitrogen and oxygen atoms in total. The van der Waals surface area contributed by atoms with Gasteiger partial charge in [-0.25, -0.2) is 4.98 Å². The summed E-state index contributed by atoms with van der Waals surface area (Å²) in [5.74, 6) is 0.857. The highest BCUT2D eigenvalue weighted by molar-refractivity contribution is 7.85. The molecule has 0 saturated carbocycles. The number of aliphatic hydroxyl groups is 1. The Hall–Kier alpha value is -3.28. The largest absolute Gasteiger partial charge is 0.396 e. The number of anilines is 3. The van der Waals surface area contributed by atoms with Gasteiger partial charge in [0.1, 0.15) is 0 Å². The molecule has 3 rings (SSSR count). The van der Waals surface area contributed by atoms with Crippen LogP contribution in [0.15, 0.2) is 59.8 Å². The zero-order valence-electron chi connectivity index (χ0n) is 15.3. The zero-order chi connectivity index (χ0) is 20.7. The minimum absolute atomic E-state index is 0.0588. The lowest BCUT2D eigenvalue weighted by molar-refractivity contribution is 0.292. The van der Waals surface area contributed by atoms with E-state index in [4.69, 9.17) is 9.66 Å². The fraction of sp³-hybridized carbons (Fsp3) is 0.167. The van der Waals surface area contributed by atoms with E-state index < -0.39 is 10.1 Å². The molecular weight excluding hydrogens is 396 g/mol. The lowest BCUT2D eigenvalue weighted by Crippen LogP contribution is -2.13. The van der Waals surface area contributed by atoms with E-state index in [1.165, 1.54) is 24.3 Å². The normalized spacial score (nSPS) is 11.1. The average molecular weight is 416 g/mol. The minimum atomic E-state index is -4.24. The quantitative estimate of drug-likeness (QED) is 0.199. The number of nitrogens with zero attached hydrogens (tertiary/aromatic N) is 3. The van der Waals surface area contributed by atoms with Gasteiger partial charge in [0.2, 0.25) is 5.95 Å². The van der Waals surface area contributed by atoms with Crippen LogP contribution in [0, 0.1) is 0 Å². The summed E-state index contributed by atoms with van der Waals surface area (Å²) in [6, 6.07) is 11.0. The van der Waals surface area contributed by atoms with Gasteiger partial charge in [0.25, 0.3) is 10.1 Å². The SMILES string of the molecule is O=S(=O)(O)c1ccc(NNc2cc(-c3ccncc3)nc(NCCCO)n2)cc1. The Kier molecular flexibility index (Phi) is 6.54. The molecule has 29 heavy (non-hydrogen) atoms. The fourth-order valence-electron chi connectivity index (χ4n) is 2.39. The van der Waals surface area contributed by atoms with E-state index in [1.807, 2.05) is 12.1 Å². The van der Waals surface area contributed by atoms with Crippen molar-refractivity contribution in [1.82, 2.24) is 15.0 Å². The molecule has 0 aliphatic rings. The highest BCUT2D eigenvalue weighted by atomic mass is 32.2. The number of benzene rings is 1. The number of hydrogen-bond acceptors (Lipinski definition) is 9. The van der Waals surface area contributed by atoms with Crippen molar-refractivity contribution in [2.45, 2.75) is 11.3 Å². The maximum absolute atomic E-state index is 11.1. The molecule has 3 aromatic rings. The van der Waals surface area contributed by atoms with Gasteiger partial charge in [-0.3, -0.25) is 20.4 Å². The van der Waals surface area contributed by atoms with Gasteiger partial charge in [-0.15, -0.1) is 0 Å². The molecule has 0 aliphatic carbocycles. The number of pyridine rings is 1. The van der Waals surface area contributed by atoms with Crippen molar-refractivity contribution in [1.29, 1.82) is 0 Å². The summed E-state index contributed by atoms with van der Waals surface area (Å²) < 4.78 is 31.3. The molecule has 0 radical (unpaired) electrons. The molecule has 0 saturated heterocycles. The summed E-state index contributed by atoms with van der Waals surface area (Å²) in [6.07, 6.45) is 3.89. The Morgan fingerprint density at radius 2 is 1.69 bits per heavy atom. The first-order valence-electron chi connectivity index (χ1n) is 8.69. The standard InChI is InChI=1S/C18H20N6O4S/c25-11-1-8-20-18-21-16(13-6-9-19-10-7-13)12-17(22-18)24-23-14-2-4-15(5-3-14)29(26,27)28/h2-7,9-10,12,23,25H,1,8,11H2,(H,26,27,28)(H2,20,21,22,24). The maximum atomic E-state index is 11.1. The van der Waals surface area contributed by atoms with Crippen LogP contribution in [0.2, 0.25) is 0 Å². The molecule has 0 spiro atoms. The van der Waals surface area contributed by atoms with Crippen molar-refractivity contribution in [3.05, 3.63) is 54.9 Å². The number of aliphatic hydroxyl groups excluding tert-OH is 1. The third-order valence-electron chi connectivity index (χ3n) is 3.81. The molecule has 0 atom stereocenters. The third kappa shape index (κ3) is 5.85. The van der Waals surface area contributed by atoms with Crippen LogP contribution in [0.25, 0.3) is 11.3 Å². The van der Waals surface area contributed by atoms with Gasteiger partial charge in [0.05, 0.1) is 16.3 Å². The monoisotopic (exact) mass is 416 g/mol. The summed E-state index contributed by atoms with van der Waals surface area (Å²) in [5, 5.41) is 12.0. The Labute approximate surface area is 167 Å². The van der Waals surface area contributed by atoms with Gasteiger partial charge in [-0.05, 0) is 42.8 Å². The van der Waals surface area contributed by atoms with Gasteiger partial charge < -0.3 is 10.4 Å². The average Bonchev–Trinajstić information content (AvgIpc) is 2.73. The molecule has 5 N–H and O–H groups in total. The van der Waals surface area contributed by atoms with Crippen molar-refractivity contribution >= 4 is 27.6 Å². The van der Waals surface area contributed by atoms with Crippen LogP contribution in [0.3, 0.4) is 0 Å². The van der Waals surface area contributed by atoms with E-state index in [0.29, 0.717) is 36.1 Å². The second kappa shape index (κ2) is 9.28. The lowest BCUT2D eigenvalue weighted by Gasteiger charge is -2.13. The topological polar surface area (TPSA) is 149 Å². The van der Waals surface area contributed by atoms with Crippen LogP contribution in [0.1, 0.15) is 6.42 Å². The lowest BCUT2D eigenvalue weighted by atomic mass is 10.2. The first-order chi connectivity index (χ1) is 14.0. The van der Waals surface area contributed by atoms with E-state index in [9.17, 15) is 8.42 Å². The number of hydrazine groups is 1. The molecular formula is C18H20N6O4S. The summed E-state index contributed by atoms with van der Waals surface area (Å²) in [4.78, 5) is 12.7. The van der Waals surface area contributed by atoms with E-state index in [2.05, 4.69) is 31.1 Å². The molecule has 0 bridgehead atoms. The van der Waals surface area contributed by atoms with Gasteiger partial charge in [0, 0.05) is 37.2 Å². The van der Waals surface area contributed by atoms with Crippen molar-refractivity contribution < 1.29 is 18.1 Å². The molecule has 2 heterocycles. The van der Waals surface area contributed by atoms with Gasteiger partial charge in [0.15, 0.2) is 5.82 Å². The second-order valence-corrected chi connectivity index (χ2v) is 7.37. The van der Waals surface area contributed by atoms with Crippen LogP contribution in [-0.2, 0) is 10.1 Å². The molecule has 0 unspecified atom stereocenters. The van der Waals surface area contributed by atoms with Crippen LogP contribution in [0.4, 0.5) is 17.5 Å². The predicted octanol–water partition coefficient (Wildman–Crippen LogP) is 2.02. The summed E-state index contributed by atoms with van der Waals surface area (Å²) in [7, 11) is -4.24. The van der Waals surface area contributed by atoms with Gasteiger partial charge >= 0.3 is 0 Å². The summed E-state index contributed by atoms with van der Waals surface area (Å²) in [5.41, 5.74) is 7.95. The smallest absolute Gasteiger partial charge is 0.294 e. The molecule has 0 aliphatic heterocycles. The molecule has 11 heteroatoms. The second-order valence-electron chi connectivity index (χ2n) is 5.95. The molecule has 0 fully saturated rings. The van der Waals surface area contributed by atoms with Crippen LogP contribution < -0.4 is 16.2 Å². The van der Waals surface area contributed by atoms with E-state index >= 15 is 0 Å². The fourth-order valence-corrected chi connectivity index (χ4v) is 2.87. The van der Waals surface area contributed by atoms with E-state index in [-0.39, 0.29) is 11.5 Å². The van der Waals surface area contributed by atoms with Crippen molar-refractivity contribution in [3.63, 3.8) is 0 Å². The van der Waals surface area contributed by atoms with Crippen molar-refractivity contribution in [2.24, 2.45) is 0 Å². The van der Waals surface area contributed by atoms with Gasteiger partial charge in [-0.2, -0.15) is 13.4 Å². The summed E-state index contributed by atoms with van der Waals surface area (Å²) in [6.45, 7) is 0.573. The molecule has 1 aromatic carbocycles. The number of hydrogen-bond donors (Lipinski definition) is 5. The van der Waals surface area contributed by atoms with Crippen LogP contribution in [0.5, 0.6) is 0 Å². The molecule has 0 amide bonds. The third-order valence-corrected chi connectivity index (χ3v) is 4.68. The maximum Gasteiger partial charge on any atom is 0.294 e. The number of rotatable bonds is 9.